The van der Waals surface area contributed by atoms with Crippen molar-refractivity contribution in [2.75, 3.05) is 44.6 Å². The van der Waals surface area contributed by atoms with Crippen molar-refractivity contribution < 1.29 is 28.1 Å². The number of nitrogens with one attached hydrogen (secondary N) is 3. The fourth-order valence-electron chi connectivity index (χ4n) is 2.98. The monoisotopic (exact) mass is 455 g/mol. The van der Waals surface area contributed by atoms with Gasteiger partial charge in [-0.25, -0.2) is 9.37 Å². The van der Waals surface area contributed by atoms with Crippen molar-refractivity contribution in [3.63, 3.8) is 0 Å². The Morgan fingerprint density at radius 3 is 2.61 bits per heavy atom. The average Bonchev–Trinajstić information content (AvgIpc) is 2.84. The van der Waals surface area contributed by atoms with Gasteiger partial charge in [-0.3, -0.25) is 4.79 Å². The van der Waals surface area contributed by atoms with Crippen molar-refractivity contribution in [2.45, 2.75) is 0 Å². The minimum absolute atomic E-state index is 0.0196. The zero-order valence-electron chi connectivity index (χ0n) is 18.0. The number of ether oxygens (including phenoxy) is 4. The van der Waals surface area contributed by atoms with Crippen LogP contribution in [0.5, 0.6) is 23.0 Å². The molecule has 1 amide bonds. The van der Waals surface area contributed by atoms with Crippen LogP contribution < -0.4 is 34.9 Å². The van der Waals surface area contributed by atoms with E-state index in [1.807, 2.05) is 0 Å². The summed E-state index contributed by atoms with van der Waals surface area (Å²) in [5.41, 5.74) is 1.14. The first-order valence-electron chi connectivity index (χ1n) is 10.0. The van der Waals surface area contributed by atoms with Crippen LogP contribution in [-0.2, 0) is 4.79 Å². The van der Waals surface area contributed by atoms with E-state index in [0.717, 1.165) is 6.20 Å². The summed E-state index contributed by atoms with van der Waals surface area (Å²) >= 11 is 0. The number of benzene rings is 2. The molecule has 0 aliphatic carbocycles. The second-order valence-electron chi connectivity index (χ2n) is 6.83. The Hall–Kier alpha value is -4.28. The van der Waals surface area contributed by atoms with E-state index in [0.29, 0.717) is 47.6 Å². The summed E-state index contributed by atoms with van der Waals surface area (Å²) in [5.74, 6) is 1.22. The third kappa shape index (κ3) is 5.32. The molecule has 2 aromatic carbocycles. The molecule has 0 bridgehead atoms. The minimum Gasteiger partial charge on any atom is -0.493 e. The number of carbonyl (C=O) groups is 1. The molecule has 4 rings (SSSR count). The molecule has 2 heterocycles. The summed E-state index contributed by atoms with van der Waals surface area (Å²) in [5, 5.41) is 8.40. The summed E-state index contributed by atoms with van der Waals surface area (Å²) in [6.45, 7) is 0.759. The van der Waals surface area contributed by atoms with Gasteiger partial charge in [0.05, 0.1) is 13.3 Å². The zero-order valence-corrected chi connectivity index (χ0v) is 18.0. The van der Waals surface area contributed by atoms with E-state index >= 15 is 0 Å². The molecule has 0 saturated carbocycles. The summed E-state index contributed by atoms with van der Waals surface area (Å²) in [6, 6.07) is 10.2. The largest absolute Gasteiger partial charge is 0.493 e. The molecule has 3 aromatic rings. The number of nitrogens with zero attached hydrogens (tertiary/aromatic N) is 2. The van der Waals surface area contributed by atoms with Crippen LogP contribution in [0.2, 0.25) is 0 Å². The maximum atomic E-state index is 14.4. The third-order valence-electron chi connectivity index (χ3n) is 4.61. The standard InChI is InChI=1S/C22H22FN5O5/c1-24-20(29)12-33-18-10-14(3-5-16(18)30-2)27-22-25-11-15(23)21(28-22)26-13-4-6-17-19(9-13)32-8-7-31-17/h3-6,9-11H,7-8,12H2,1-2H3,(H,24,29)(H2,25,26,27,28). The summed E-state index contributed by atoms with van der Waals surface area (Å²) in [7, 11) is 3.01. The number of halogens is 1. The molecule has 3 N–H and O–H groups in total. The molecule has 11 heteroatoms. The van der Waals surface area contributed by atoms with Gasteiger partial charge >= 0.3 is 0 Å². The van der Waals surface area contributed by atoms with Gasteiger partial charge in [-0.05, 0) is 24.3 Å². The maximum Gasteiger partial charge on any atom is 0.257 e. The van der Waals surface area contributed by atoms with Gasteiger partial charge in [0, 0.05) is 30.6 Å². The number of likely N-dealkylation sites (N-methyl/N-ethyl adjacent to an activating group) is 1. The molecular formula is C22H22FN5O5. The number of anilines is 4. The van der Waals surface area contributed by atoms with Gasteiger partial charge < -0.3 is 34.9 Å². The number of hydrogen-bond donors (Lipinski definition) is 3. The van der Waals surface area contributed by atoms with E-state index in [1.165, 1.54) is 14.2 Å². The van der Waals surface area contributed by atoms with Crippen LogP contribution >= 0.6 is 0 Å². The van der Waals surface area contributed by atoms with Crippen molar-refractivity contribution in [2.24, 2.45) is 0 Å². The number of fused-ring (bicyclic) bond motifs is 1. The van der Waals surface area contributed by atoms with E-state index in [4.69, 9.17) is 18.9 Å². The van der Waals surface area contributed by atoms with Gasteiger partial charge in [-0.1, -0.05) is 0 Å². The number of carbonyl (C=O) groups excluding carboxylic acids is 1. The molecule has 0 atom stereocenters. The Kier molecular flexibility index (Phi) is 6.58. The topological polar surface area (TPSA) is 116 Å². The molecule has 1 aliphatic heterocycles. The molecular weight excluding hydrogens is 433 g/mol. The first kappa shape index (κ1) is 21.9. The van der Waals surface area contributed by atoms with E-state index in [1.54, 1.807) is 36.4 Å². The number of methoxy groups -OCH3 is 1. The fraction of sp³-hybridized carbons (Fsp3) is 0.227. The quantitative estimate of drug-likeness (QED) is 0.471. The second kappa shape index (κ2) is 9.90. The van der Waals surface area contributed by atoms with Gasteiger partial charge in [-0.2, -0.15) is 4.98 Å². The summed E-state index contributed by atoms with van der Waals surface area (Å²) < 4.78 is 36.2. The first-order valence-corrected chi connectivity index (χ1v) is 10.0. The molecule has 1 aliphatic rings. The Bertz CT molecular complexity index is 1160. The van der Waals surface area contributed by atoms with Gasteiger partial charge in [0.1, 0.15) is 13.2 Å². The minimum atomic E-state index is -0.625. The van der Waals surface area contributed by atoms with Crippen LogP contribution in [0.15, 0.2) is 42.6 Å². The smallest absolute Gasteiger partial charge is 0.257 e. The van der Waals surface area contributed by atoms with Crippen molar-refractivity contribution in [3.05, 3.63) is 48.4 Å². The van der Waals surface area contributed by atoms with Crippen LogP contribution in [0.1, 0.15) is 0 Å². The highest BCUT2D eigenvalue weighted by atomic mass is 19.1. The SMILES string of the molecule is CNC(=O)COc1cc(Nc2ncc(F)c(Nc3ccc4c(c3)OCCO4)n2)ccc1OC. The van der Waals surface area contributed by atoms with Crippen molar-refractivity contribution in [1.29, 1.82) is 0 Å². The lowest BCUT2D eigenvalue weighted by atomic mass is 10.2. The molecule has 1 aromatic heterocycles. The van der Waals surface area contributed by atoms with Gasteiger partial charge in [0.25, 0.3) is 5.91 Å². The molecule has 0 fully saturated rings. The van der Waals surface area contributed by atoms with Crippen molar-refractivity contribution >= 4 is 29.0 Å². The Morgan fingerprint density at radius 2 is 1.82 bits per heavy atom. The molecule has 0 saturated heterocycles. The van der Waals surface area contributed by atoms with Gasteiger partial charge in [-0.15, -0.1) is 0 Å². The van der Waals surface area contributed by atoms with E-state index in [2.05, 4.69) is 25.9 Å². The zero-order chi connectivity index (χ0) is 23.2. The predicted octanol–water partition coefficient (Wildman–Crippen LogP) is 3.01. The highest BCUT2D eigenvalue weighted by molar-refractivity contribution is 5.77. The summed E-state index contributed by atoms with van der Waals surface area (Å²) in [6.07, 6.45) is 1.06. The maximum absolute atomic E-state index is 14.4. The second-order valence-corrected chi connectivity index (χ2v) is 6.83. The molecule has 33 heavy (non-hydrogen) atoms. The number of aromatic nitrogens is 2. The van der Waals surface area contributed by atoms with Gasteiger partial charge in [0.2, 0.25) is 5.95 Å². The highest BCUT2D eigenvalue weighted by Crippen LogP contribution is 2.34. The first-order chi connectivity index (χ1) is 16.1. The lowest BCUT2D eigenvalue weighted by Gasteiger charge is -2.19. The molecule has 0 unspecified atom stereocenters. The molecule has 10 nitrogen and oxygen atoms in total. The van der Waals surface area contributed by atoms with E-state index in [-0.39, 0.29) is 24.3 Å². The van der Waals surface area contributed by atoms with Crippen LogP contribution in [-0.4, -0.2) is 49.9 Å². The molecule has 0 spiro atoms. The number of rotatable bonds is 8. The molecule has 0 radical (unpaired) electrons. The van der Waals surface area contributed by atoms with Crippen LogP contribution in [0, 0.1) is 5.82 Å². The van der Waals surface area contributed by atoms with Crippen molar-refractivity contribution in [1.82, 2.24) is 15.3 Å². The average molecular weight is 455 g/mol. The van der Waals surface area contributed by atoms with Crippen molar-refractivity contribution in [3.8, 4) is 23.0 Å². The lowest BCUT2D eigenvalue weighted by Crippen LogP contribution is -2.24. The van der Waals surface area contributed by atoms with Crippen LogP contribution in [0.4, 0.5) is 27.5 Å². The Labute approximate surface area is 189 Å². The van der Waals surface area contributed by atoms with E-state index < -0.39 is 5.82 Å². The Morgan fingerprint density at radius 1 is 1.06 bits per heavy atom. The fourth-order valence-corrected chi connectivity index (χ4v) is 2.98. The van der Waals surface area contributed by atoms with Crippen LogP contribution in [0.25, 0.3) is 0 Å². The highest BCUT2D eigenvalue weighted by Gasteiger charge is 2.14. The third-order valence-corrected chi connectivity index (χ3v) is 4.61. The van der Waals surface area contributed by atoms with E-state index in [9.17, 15) is 9.18 Å². The normalized spacial score (nSPS) is 12.0. The predicted molar refractivity (Wildman–Crippen MR) is 119 cm³/mol. The lowest BCUT2D eigenvalue weighted by molar-refractivity contribution is -0.122. The van der Waals surface area contributed by atoms with Gasteiger partial charge in [0.15, 0.2) is 41.2 Å². The summed E-state index contributed by atoms with van der Waals surface area (Å²) in [4.78, 5) is 19.7. The Balaban J connectivity index is 1.51. The molecule has 172 valence electrons. The number of hydrogen-bond acceptors (Lipinski definition) is 9. The van der Waals surface area contributed by atoms with Crippen LogP contribution in [0.3, 0.4) is 0 Å². The number of amides is 1.